The Morgan fingerprint density at radius 2 is 1.53 bits per heavy atom. The highest BCUT2D eigenvalue weighted by Gasteiger charge is 2.09. The molecule has 0 aliphatic heterocycles. The zero-order valence-corrected chi connectivity index (χ0v) is 18.4. The topological polar surface area (TPSA) is 50.7 Å². The van der Waals surface area contributed by atoms with Gasteiger partial charge in [0.1, 0.15) is 12.1 Å². The van der Waals surface area contributed by atoms with E-state index in [4.69, 9.17) is 0 Å². The van der Waals surface area contributed by atoms with E-state index in [-0.39, 0.29) is 6.04 Å². The summed E-state index contributed by atoms with van der Waals surface area (Å²) >= 11 is 0. The summed E-state index contributed by atoms with van der Waals surface area (Å²) in [5.74, 6) is 0.782. The lowest BCUT2D eigenvalue weighted by atomic mass is 10.0. The summed E-state index contributed by atoms with van der Waals surface area (Å²) in [6, 6.07) is 20.9. The summed E-state index contributed by atoms with van der Waals surface area (Å²) in [5.41, 5.74) is 8.50. The Balaban J connectivity index is 1.52. The normalized spacial score (nSPS) is 11.6. The van der Waals surface area contributed by atoms with E-state index in [2.05, 4.69) is 76.7 Å². The van der Waals surface area contributed by atoms with Gasteiger partial charge in [-0.1, -0.05) is 61.7 Å². The van der Waals surface area contributed by atoms with Crippen LogP contribution in [-0.4, -0.2) is 15.0 Å². The van der Waals surface area contributed by atoms with Crippen molar-refractivity contribution < 1.29 is 0 Å². The highest BCUT2D eigenvalue weighted by molar-refractivity contribution is 5.72. The van der Waals surface area contributed by atoms with Gasteiger partial charge in [-0.15, -0.1) is 0 Å². The van der Waals surface area contributed by atoms with E-state index in [0.717, 1.165) is 33.9 Å². The molecule has 32 heavy (non-hydrogen) atoms. The van der Waals surface area contributed by atoms with Crippen LogP contribution < -0.4 is 5.32 Å². The zero-order chi connectivity index (χ0) is 22.5. The van der Waals surface area contributed by atoms with Gasteiger partial charge in [-0.2, -0.15) is 0 Å². The maximum Gasteiger partial charge on any atom is 0.130 e. The standard InChI is InChI=1S/C28H26N4/c1-5-21-7-12-26(16-22(21)6-2)27-17-28(31-18-30-27)32-20(4)23-8-10-24(11-9-23)25-13-14-29-19(3)15-25/h5-18,20H,1-2H2,3-4H3,(H,30,31,32). The SMILES string of the molecule is C=Cc1ccc(-c2cc(NC(C)c3ccc(-c4ccnc(C)c4)cc3)ncn2)cc1C=C. The van der Waals surface area contributed by atoms with E-state index in [0.29, 0.717) is 0 Å². The van der Waals surface area contributed by atoms with Crippen molar-refractivity contribution in [2.75, 3.05) is 5.32 Å². The predicted molar refractivity (Wildman–Crippen MR) is 134 cm³/mol. The number of pyridine rings is 1. The highest BCUT2D eigenvalue weighted by Crippen LogP contribution is 2.26. The number of benzene rings is 2. The number of aromatic nitrogens is 3. The highest BCUT2D eigenvalue weighted by atomic mass is 15.0. The summed E-state index contributed by atoms with van der Waals surface area (Å²) in [7, 11) is 0. The van der Waals surface area contributed by atoms with Crippen LogP contribution in [0.5, 0.6) is 0 Å². The maximum atomic E-state index is 4.46. The minimum Gasteiger partial charge on any atom is -0.363 e. The van der Waals surface area contributed by atoms with Gasteiger partial charge in [-0.3, -0.25) is 4.98 Å². The molecule has 0 radical (unpaired) electrons. The number of nitrogens with one attached hydrogen (secondary N) is 1. The van der Waals surface area contributed by atoms with Crippen LogP contribution >= 0.6 is 0 Å². The maximum absolute atomic E-state index is 4.46. The lowest BCUT2D eigenvalue weighted by Gasteiger charge is -2.16. The third-order valence-corrected chi connectivity index (χ3v) is 5.49. The third-order valence-electron chi connectivity index (χ3n) is 5.49. The molecule has 0 amide bonds. The first-order valence-corrected chi connectivity index (χ1v) is 10.6. The van der Waals surface area contributed by atoms with Crippen LogP contribution in [0.4, 0.5) is 5.82 Å². The summed E-state index contributed by atoms with van der Waals surface area (Å²) in [6.07, 6.45) is 7.10. The first-order chi connectivity index (χ1) is 15.6. The molecular weight excluding hydrogens is 392 g/mol. The fourth-order valence-electron chi connectivity index (χ4n) is 3.69. The van der Waals surface area contributed by atoms with Crippen molar-refractivity contribution in [3.05, 3.63) is 109 Å². The van der Waals surface area contributed by atoms with Gasteiger partial charge in [0, 0.05) is 29.6 Å². The zero-order valence-electron chi connectivity index (χ0n) is 18.4. The molecule has 0 aliphatic carbocycles. The fourth-order valence-corrected chi connectivity index (χ4v) is 3.69. The molecule has 158 valence electrons. The molecule has 0 bridgehead atoms. The second-order valence-corrected chi connectivity index (χ2v) is 7.71. The van der Waals surface area contributed by atoms with E-state index >= 15 is 0 Å². The van der Waals surface area contributed by atoms with Crippen LogP contribution in [-0.2, 0) is 0 Å². The Labute approximate surface area is 189 Å². The van der Waals surface area contributed by atoms with Gasteiger partial charge >= 0.3 is 0 Å². The molecule has 1 unspecified atom stereocenters. The number of hydrogen-bond acceptors (Lipinski definition) is 4. The van der Waals surface area contributed by atoms with Crippen molar-refractivity contribution in [3.8, 4) is 22.4 Å². The van der Waals surface area contributed by atoms with Crippen LogP contribution in [0.15, 0.2) is 86.3 Å². The van der Waals surface area contributed by atoms with Crippen LogP contribution in [0.25, 0.3) is 34.5 Å². The van der Waals surface area contributed by atoms with Crippen LogP contribution in [0.2, 0.25) is 0 Å². The Bertz CT molecular complexity index is 1260. The lowest BCUT2D eigenvalue weighted by Crippen LogP contribution is -2.08. The minimum atomic E-state index is 0.0952. The first-order valence-electron chi connectivity index (χ1n) is 10.6. The molecule has 1 N–H and O–H groups in total. The van der Waals surface area contributed by atoms with Gasteiger partial charge in [0.15, 0.2) is 0 Å². The van der Waals surface area contributed by atoms with E-state index in [1.54, 1.807) is 6.33 Å². The average molecular weight is 419 g/mol. The molecule has 4 rings (SSSR count). The van der Waals surface area contributed by atoms with Crippen molar-refractivity contribution >= 4 is 18.0 Å². The molecule has 0 spiro atoms. The van der Waals surface area contributed by atoms with Gasteiger partial charge in [-0.05, 0) is 59.9 Å². The van der Waals surface area contributed by atoms with Crippen LogP contribution in [0, 0.1) is 6.92 Å². The molecule has 0 saturated heterocycles. The summed E-state index contributed by atoms with van der Waals surface area (Å²) in [4.78, 5) is 13.1. The molecule has 1 atom stereocenters. The van der Waals surface area contributed by atoms with Gasteiger partial charge in [0.2, 0.25) is 0 Å². The number of nitrogens with zero attached hydrogens (tertiary/aromatic N) is 3. The number of hydrogen-bond donors (Lipinski definition) is 1. The van der Waals surface area contributed by atoms with E-state index in [1.807, 2.05) is 49.5 Å². The molecule has 0 aliphatic rings. The van der Waals surface area contributed by atoms with Crippen molar-refractivity contribution in [1.29, 1.82) is 0 Å². The second-order valence-electron chi connectivity index (χ2n) is 7.71. The Morgan fingerprint density at radius 1 is 0.781 bits per heavy atom. The van der Waals surface area contributed by atoms with Gasteiger partial charge < -0.3 is 5.32 Å². The summed E-state index contributed by atoms with van der Waals surface area (Å²) in [6.45, 7) is 11.9. The molecule has 2 heterocycles. The van der Waals surface area contributed by atoms with Crippen molar-refractivity contribution in [3.63, 3.8) is 0 Å². The molecule has 4 heteroatoms. The smallest absolute Gasteiger partial charge is 0.130 e. The first kappa shape index (κ1) is 21.2. The number of anilines is 1. The van der Waals surface area contributed by atoms with E-state index in [9.17, 15) is 0 Å². The van der Waals surface area contributed by atoms with Gasteiger partial charge in [0.05, 0.1) is 5.69 Å². The van der Waals surface area contributed by atoms with E-state index in [1.165, 1.54) is 16.7 Å². The molecule has 2 aromatic carbocycles. The lowest BCUT2D eigenvalue weighted by molar-refractivity contribution is 0.872. The Morgan fingerprint density at radius 3 is 2.25 bits per heavy atom. The van der Waals surface area contributed by atoms with Crippen molar-refractivity contribution in [2.24, 2.45) is 0 Å². The predicted octanol–water partition coefficient (Wildman–Crippen LogP) is 6.97. The van der Waals surface area contributed by atoms with Gasteiger partial charge in [-0.25, -0.2) is 9.97 Å². The van der Waals surface area contributed by atoms with Crippen LogP contribution in [0.1, 0.15) is 35.3 Å². The minimum absolute atomic E-state index is 0.0952. The third kappa shape index (κ3) is 4.65. The molecule has 0 saturated carbocycles. The van der Waals surface area contributed by atoms with Gasteiger partial charge in [0.25, 0.3) is 0 Å². The van der Waals surface area contributed by atoms with Crippen LogP contribution in [0.3, 0.4) is 0 Å². The second kappa shape index (κ2) is 9.40. The molecule has 4 aromatic rings. The molecule has 2 aromatic heterocycles. The quantitative estimate of drug-likeness (QED) is 0.352. The number of rotatable bonds is 7. The largest absolute Gasteiger partial charge is 0.363 e. The van der Waals surface area contributed by atoms with E-state index < -0.39 is 0 Å². The van der Waals surface area contributed by atoms with Crippen molar-refractivity contribution in [1.82, 2.24) is 15.0 Å². The fraction of sp³-hybridized carbons (Fsp3) is 0.107. The molecule has 4 nitrogen and oxygen atoms in total. The molecular formula is C28H26N4. The molecule has 0 fully saturated rings. The Kier molecular flexibility index (Phi) is 6.22. The summed E-state index contributed by atoms with van der Waals surface area (Å²) in [5, 5.41) is 3.49. The summed E-state index contributed by atoms with van der Waals surface area (Å²) < 4.78 is 0. The van der Waals surface area contributed by atoms with Crippen molar-refractivity contribution in [2.45, 2.75) is 19.9 Å². The average Bonchev–Trinajstić information content (AvgIpc) is 2.84. The number of aryl methyl sites for hydroxylation is 1. The Hall–Kier alpha value is -4.05. The monoisotopic (exact) mass is 418 g/mol.